The van der Waals surface area contributed by atoms with Gasteiger partial charge in [-0.1, -0.05) is 388 Å². The van der Waals surface area contributed by atoms with Crippen LogP contribution in [-0.4, -0.2) is 96.7 Å². The standard InChI is InChI=1S/C83H162O17P2/c1-7-9-11-13-15-17-18-19-20-21-22-23-24-25-30-33-38-43-49-55-61-67-82(87)100-79(72-94-81(86)66-60-54-48-42-37-32-29-27-26-28-31-35-40-45-51-57-63-75(3)4)74-98-102(91,92)96-70-77(84)69-95-101(89,90)97-73-78(71-93-80(85)65-59-53-47-16-14-12-10-8-2)99-83(88)68-62-56-50-44-39-34-36-41-46-52-58-64-76(5)6/h75-79,84H,7-74H2,1-6H3,(H,89,90)(H,91,92)/t77-,78+,79+/m0/s1. The molecule has 0 aromatic rings. The second-order valence-corrected chi connectivity index (χ2v) is 33.7. The molecule has 0 saturated carbocycles. The van der Waals surface area contributed by atoms with E-state index in [1.165, 1.54) is 250 Å². The Kier molecular flexibility index (Phi) is 73.1. The van der Waals surface area contributed by atoms with Crippen LogP contribution in [0.25, 0.3) is 0 Å². The molecule has 606 valence electrons. The minimum Gasteiger partial charge on any atom is -0.462 e. The van der Waals surface area contributed by atoms with Gasteiger partial charge in [0.2, 0.25) is 0 Å². The summed E-state index contributed by atoms with van der Waals surface area (Å²) in [5.41, 5.74) is 0. The Morgan fingerprint density at radius 3 is 0.667 bits per heavy atom. The first kappa shape index (κ1) is 100. The molecule has 0 rings (SSSR count). The minimum atomic E-state index is -4.96. The second kappa shape index (κ2) is 74.5. The molecule has 0 fully saturated rings. The Hall–Kier alpha value is -1.94. The number of esters is 4. The van der Waals surface area contributed by atoms with E-state index in [1.54, 1.807) is 0 Å². The molecule has 17 nitrogen and oxygen atoms in total. The van der Waals surface area contributed by atoms with Gasteiger partial charge in [0.1, 0.15) is 19.3 Å². The molecule has 0 aliphatic rings. The van der Waals surface area contributed by atoms with Crippen LogP contribution >= 0.6 is 15.6 Å². The van der Waals surface area contributed by atoms with Crippen LogP contribution in [0.15, 0.2) is 0 Å². The quantitative estimate of drug-likeness (QED) is 0.0222. The van der Waals surface area contributed by atoms with Gasteiger partial charge in [0.05, 0.1) is 26.4 Å². The molecule has 2 unspecified atom stereocenters. The average molecular weight is 1490 g/mol. The zero-order valence-corrected chi connectivity index (χ0v) is 68.7. The summed E-state index contributed by atoms with van der Waals surface area (Å²) in [5.74, 6) is -0.531. The summed E-state index contributed by atoms with van der Waals surface area (Å²) >= 11 is 0. The SMILES string of the molecule is CCCCCCCCCCCCCCCCCCCCCCCC(=O)O[C@H](COC(=O)CCCCCCCCCCCCCCCCCCC(C)C)COP(=O)(O)OC[C@@H](O)COP(=O)(O)OC[C@@H](COC(=O)CCCCCCCCCC)OC(=O)CCCCCCCCCCCCCC(C)C. The van der Waals surface area contributed by atoms with E-state index in [4.69, 9.17) is 37.0 Å². The van der Waals surface area contributed by atoms with Gasteiger partial charge in [-0.05, 0) is 37.5 Å². The van der Waals surface area contributed by atoms with E-state index < -0.39 is 97.5 Å². The number of phosphoric ester groups is 2. The van der Waals surface area contributed by atoms with Gasteiger partial charge in [-0.15, -0.1) is 0 Å². The largest absolute Gasteiger partial charge is 0.472 e. The number of carbonyl (C=O) groups excluding carboxylic acids is 4. The molecule has 0 aromatic heterocycles. The molecule has 102 heavy (non-hydrogen) atoms. The summed E-state index contributed by atoms with van der Waals surface area (Å²) in [6.07, 6.45) is 65.4. The highest BCUT2D eigenvalue weighted by molar-refractivity contribution is 7.47. The van der Waals surface area contributed by atoms with Gasteiger partial charge in [0, 0.05) is 25.7 Å². The van der Waals surface area contributed by atoms with E-state index in [2.05, 4.69) is 41.5 Å². The van der Waals surface area contributed by atoms with Gasteiger partial charge in [-0.25, -0.2) is 9.13 Å². The molecule has 0 radical (unpaired) electrons. The van der Waals surface area contributed by atoms with Crippen molar-refractivity contribution >= 4 is 39.5 Å². The predicted octanol–water partition coefficient (Wildman–Crippen LogP) is 25.1. The van der Waals surface area contributed by atoms with Crippen LogP contribution in [0.5, 0.6) is 0 Å². The normalized spacial score (nSPS) is 13.9. The molecule has 0 spiro atoms. The molecule has 0 aliphatic carbocycles. The van der Waals surface area contributed by atoms with Crippen LogP contribution < -0.4 is 0 Å². The molecule has 0 bridgehead atoms. The monoisotopic (exact) mass is 1490 g/mol. The molecule has 0 aliphatic heterocycles. The van der Waals surface area contributed by atoms with E-state index >= 15 is 0 Å². The molecule has 0 amide bonds. The summed E-state index contributed by atoms with van der Waals surface area (Å²) in [7, 11) is -9.92. The molecule has 0 heterocycles. The van der Waals surface area contributed by atoms with Crippen LogP contribution in [0.3, 0.4) is 0 Å². The number of carbonyl (C=O) groups is 4. The van der Waals surface area contributed by atoms with E-state index in [0.29, 0.717) is 25.7 Å². The number of unbranched alkanes of at least 4 members (excludes halogenated alkanes) is 52. The van der Waals surface area contributed by atoms with E-state index in [-0.39, 0.29) is 25.7 Å². The summed E-state index contributed by atoms with van der Waals surface area (Å²) in [6.45, 7) is 9.65. The van der Waals surface area contributed by atoms with Crippen molar-refractivity contribution < 1.29 is 80.2 Å². The first-order valence-corrected chi connectivity index (χ1v) is 46.0. The van der Waals surface area contributed by atoms with Gasteiger partial charge in [0.25, 0.3) is 0 Å². The van der Waals surface area contributed by atoms with E-state index in [0.717, 1.165) is 108 Å². The van der Waals surface area contributed by atoms with Crippen LogP contribution in [0, 0.1) is 11.8 Å². The summed E-state index contributed by atoms with van der Waals surface area (Å²) in [4.78, 5) is 73.0. The van der Waals surface area contributed by atoms with Crippen molar-refractivity contribution in [3.05, 3.63) is 0 Å². The maximum absolute atomic E-state index is 13.1. The Labute approximate surface area is 626 Å². The maximum atomic E-state index is 13.1. The molecular formula is C83H162O17P2. The van der Waals surface area contributed by atoms with E-state index in [1.807, 2.05) is 0 Å². The third-order valence-electron chi connectivity index (χ3n) is 19.5. The fourth-order valence-corrected chi connectivity index (χ4v) is 14.5. The lowest BCUT2D eigenvalue weighted by molar-refractivity contribution is -0.161. The molecular weight excluding hydrogens is 1330 g/mol. The number of rotatable bonds is 82. The Bertz CT molecular complexity index is 1960. The molecule has 0 aromatic carbocycles. The first-order valence-electron chi connectivity index (χ1n) is 43.0. The number of aliphatic hydroxyl groups is 1. The average Bonchev–Trinajstić information content (AvgIpc) is 0.917. The lowest BCUT2D eigenvalue weighted by Gasteiger charge is -2.21. The van der Waals surface area contributed by atoms with Crippen LogP contribution in [-0.2, 0) is 65.4 Å². The van der Waals surface area contributed by atoms with Crippen molar-refractivity contribution in [1.29, 1.82) is 0 Å². The third-order valence-corrected chi connectivity index (χ3v) is 21.4. The molecule has 5 atom stereocenters. The second-order valence-electron chi connectivity index (χ2n) is 30.8. The fourth-order valence-electron chi connectivity index (χ4n) is 12.9. The van der Waals surface area contributed by atoms with Gasteiger partial charge >= 0.3 is 39.5 Å². The highest BCUT2D eigenvalue weighted by Crippen LogP contribution is 2.45. The summed E-state index contributed by atoms with van der Waals surface area (Å²) in [5, 5.41) is 10.6. The Morgan fingerprint density at radius 1 is 0.265 bits per heavy atom. The maximum Gasteiger partial charge on any atom is 0.472 e. The lowest BCUT2D eigenvalue weighted by atomic mass is 10.0. The number of phosphoric acid groups is 2. The van der Waals surface area contributed by atoms with Gasteiger partial charge in [0.15, 0.2) is 12.2 Å². The zero-order valence-electron chi connectivity index (χ0n) is 66.9. The lowest BCUT2D eigenvalue weighted by Crippen LogP contribution is -2.30. The third kappa shape index (κ3) is 76.3. The number of aliphatic hydroxyl groups excluding tert-OH is 1. The molecule has 19 heteroatoms. The van der Waals surface area contributed by atoms with Crippen LogP contribution in [0.2, 0.25) is 0 Å². The van der Waals surface area contributed by atoms with Gasteiger partial charge in [-0.3, -0.25) is 37.3 Å². The van der Waals surface area contributed by atoms with Crippen molar-refractivity contribution in [3.63, 3.8) is 0 Å². The van der Waals surface area contributed by atoms with Crippen molar-refractivity contribution in [2.45, 2.75) is 458 Å². The van der Waals surface area contributed by atoms with Crippen molar-refractivity contribution in [2.75, 3.05) is 39.6 Å². The fraction of sp³-hybridized carbons (Fsp3) is 0.952. The smallest absolute Gasteiger partial charge is 0.462 e. The Balaban J connectivity index is 5.19. The van der Waals surface area contributed by atoms with Gasteiger partial charge < -0.3 is 33.8 Å². The number of ether oxygens (including phenoxy) is 4. The van der Waals surface area contributed by atoms with Crippen molar-refractivity contribution in [1.82, 2.24) is 0 Å². The number of hydrogen-bond acceptors (Lipinski definition) is 15. The van der Waals surface area contributed by atoms with Crippen LogP contribution in [0.4, 0.5) is 0 Å². The highest BCUT2D eigenvalue weighted by atomic mass is 31.2. The zero-order chi connectivity index (χ0) is 74.9. The van der Waals surface area contributed by atoms with Crippen molar-refractivity contribution in [2.24, 2.45) is 11.8 Å². The highest BCUT2D eigenvalue weighted by Gasteiger charge is 2.30. The molecule has 3 N–H and O–H groups in total. The van der Waals surface area contributed by atoms with E-state index in [9.17, 15) is 43.2 Å². The first-order chi connectivity index (χ1) is 49.4. The topological polar surface area (TPSA) is 237 Å². The van der Waals surface area contributed by atoms with Gasteiger partial charge in [-0.2, -0.15) is 0 Å². The Morgan fingerprint density at radius 2 is 0.451 bits per heavy atom. The predicted molar refractivity (Wildman–Crippen MR) is 418 cm³/mol. The summed E-state index contributed by atoms with van der Waals surface area (Å²) < 4.78 is 68.7. The summed E-state index contributed by atoms with van der Waals surface area (Å²) in [6, 6.07) is 0. The molecule has 0 saturated heterocycles. The van der Waals surface area contributed by atoms with Crippen molar-refractivity contribution in [3.8, 4) is 0 Å². The van der Waals surface area contributed by atoms with Crippen LogP contribution in [0.1, 0.15) is 440 Å². The number of hydrogen-bond donors (Lipinski definition) is 3. The minimum absolute atomic E-state index is 0.107.